The lowest BCUT2D eigenvalue weighted by Crippen LogP contribution is -2.47. The summed E-state index contributed by atoms with van der Waals surface area (Å²) in [5.74, 6) is 0.511. The first-order valence-electron chi connectivity index (χ1n) is 13.1. The molecular formula is C32H33N3O3. The second-order valence-electron chi connectivity index (χ2n) is 9.68. The van der Waals surface area contributed by atoms with Crippen molar-refractivity contribution in [1.29, 1.82) is 0 Å². The van der Waals surface area contributed by atoms with Crippen LogP contribution in [0.3, 0.4) is 0 Å². The highest BCUT2D eigenvalue weighted by Crippen LogP contribution is 2.42. The molecule has 0 spiro atoms. The van der Waals surface area contributed by atoms with E-state index in [0.29, 0.717) is 12.1 Å². The molecule has 2 heterocycles. The molecule has 38 heavy (non-hydrogen) atoms. The molecule has 6 nitrogen and oxygen atoms in total. The fourth-order valence-electron chi connectivity index (χ4n) is 5.08. The molecule has 0 saturated carbocycles. The molecule has 1 atom stereocenters. The van der Waals surface area contributed by atoms with Crippen LogP contribution >= 0.6 is 0 Å². The lowest BCUT2D eigenvalue weighted by molar-refractivity contribution is -0.119. The highest BCUT2D eigenvalue weighted by molar-refractivity contribution is 6.02. The van der Waals surface area contributed by atoms with Crippen LogP contribution in [0, 0.1) is 6.92 Å². The maximum absolute atomic E-state index is 14.3. The number of amides is 2. The third-order valence-corrected chi connectivity index (χ3v) is 7.11. The van der Waals surface area contributed by atoms with Crippen LogP contribution < -0.4 is 9.64 Å². The molecule has 5 rings (SSSR count). The van der Waals surface area contributed by atoms with Crippen molar-refractivity contribution in [1.82, 2.24) is 9.47 Å². The lowest BCUT2D eigenvalue weighted by atomic mass is 9.97. The molecule has 4 aromatic rings. The smallest absolute Gasteiger partial charge is 0.254 e. The molecule has 1 aromatic heterocycles. The lowest BCUT2D eigenvalue weighted by Gasteiger charge is -2.39. The second kappa shape index (κ2) is 11.0. The summed E-state index contributed by atoms with van der Waals surface area (Å²) >= 11 is 0. The molecular weight excluding hydrogens is 474 g/mol. The van der Waals surface area contributed by atoms with Crippen molar-refractivity contribution in [3.63, 3.8) is 0 Å². The number of benzene rings is 3. The Bertz CT molecular complexity index is 1420. The quantitative estimate of drug-likeness (QED) is 0.286. The summed E-state index contributed by atoms with van der Waals surface area (Å²) in [5.41, 5.74) is 5.41. The van der Waals surface area contributed by atoms with Crippen molar-refractivity contribution in [2.24, 2.45) is 0 Å². The van der Waals surface area contributed by atoms with E-state index in [-0.39, 0.29) is 24.4 Å². The number of nitrogens with zero attached hydrogens (tertiary/aromatic N) is 3. The van der Waals surface area contributed by atoms with Crippen LogP contribution in [0.1, 0.15) is 53.0 Å². The van der Waals surface area contributed by atoms with Gasteiger partial charge in [0.1, 0.15) is 18.3 Å². The van der Waals surface area contributed by atoms with E-state index >= 15 is 0 Å². The predicted molar refractivity (Wildman–Crippen MR) is 150 cm³/mol. The van der Waals surface area contributed by atoms with Gasteiger partial charge in [0, 0.05) is 18.3 Å². The highest BCUT2D eigenvalue weighted by Gasteiger charge is 2.37. The summed E-state index contributed by atoms with van der Waals surface area (Å²) in [6.07, 6.45) is 3.79. The number of hydrogen-bond acceptors (Lipinski definition) is 3. The number of ether oxygens (including phenoxy) is 1. The maximum Gasteiger partial charge on any atom is 0.254 e. The molecule has 0 radical (unpaired) electrons. The summed E-state index contributed by atoms with van der Waals surface area (Å²) in [5, 5.41) is 0. The molecule has 0 aliphatic carbocycles. The second-order valence-corrected chi connectivity index (χ2v) is 9.68. The van der Waals surface area contributed by atoms with Crippen molar-refractivity contribution in [3.8, 4) is 11.4 Å². The number of aryl methyl sites for hydroxylation is 1. The van der Waals surface area contributed by atoms with Crippen LogP contribution in [-0.4, -0.2) is 41.5 Å². The third kappa shape index (κ3) is 4.82. The summed E-state index contributed by atoms with van der Waals surface area (Å²) < 4.78 is 7.52. The van der Waals surface area contributed by atoms with Crippen molar-refractivity contribution >= 4 is 17.5 Å². The van der Waals surface area contributed by atoms with E-state index in [9.17, 15) is 9.59 Å². The molecule has 194 valence electrons. The number of hydrogen-bond donors (Lipinski definition) is 0. The topological polar surface area (TPSA) is 54.8 Å². The van der Waals surface area contributed by atoms with Crippen LogP contribution in [0.2, 0.25) is 0 Å². The van der Waals surface area contributed by atoms with Crippen LogP contribution in [0.5, 0.6) is 5.75 Å². The predicted octanol–water partition coefficient (Wildman–Crippen LogP) is 6.17. The molecule has 6 heteroatoms. The van der Waals surface area contributed by atoms with E-state index in [1.165, 1.54) is 0 Å². The van der Waals surface area contributed by atoms with Crippen molar-refractivity contribution in [2.45, 2.75) is 32.7 Å². The number of fused-ring (bicyclic) bond motifs is 3. The van der Waals surface area contributed by atoms with E-state index in [1.807, 2.05) is 96.9 Å². The van der Waals surface area contributed by atoms with Gasteiger partial charge in [0.25, 0.3) is 5.91 Å². The van der Waals surface area contributed by atoms with E-state index in [2.05, 4.69) is 17.6 Å². The molecule has 0 bridgehead atoms. The Morgan fingerprint density at radius 2 is 1.61 bits per heavy atom. The zero-order valence-corrected chi connectivity index (χ0v) is 22.1. The first-order valence-corrected chi connectivity index (χ1v) is 13.1. The van der Waals surface area contributed by atoms with Crippen molar-refractivity contribution in [2.75, 3.05) is 25.1 Å². The number of para-hydroxylation sites is 2. The van der Waals surface area contributed by atoms with E-state index < -0.39 is 0 Å². The number of unbranched alkanes of at least 4 members (excludes halogenated alkanes) is 1. The van der Waals surface area contributed by atoms with Gasteiger partial charge in [-0.05, 0) is 67.4 Å². The van der Waals surface area contributed by atoms with Crippen LogP contribution in [-0.2, 0) is 4.79 Å². The largest absolute Gasteiger partial charge is 0.497 e. The van der Waals surface area contributed by atoms with Gasteiger partial charge < -0.3 is 14.2 Å². The van der Waals surface area contributed by atoms with Crippen LogP contribution in [0.15, 0.2) is 91.1 Å². The van der Waals surface area contributed by atoms with Gasteiger partial charge in [0.2, 0.25) is 5.91 Å². The van der Waals surface area contributed by atoms with Gasteiger partial charge in [-0.2, -0.15) is 0 Å². The molecule has 1 aliphatic heterocycles. The summed E-state index contributed by atoms with van der Waals surface area (Å²) in [6.45, 7) is 4.60. The number of rotatable bonds is 8. The summed E-state index contributed by atoms with van der Waals surface area (Å²) in [7, 11) is 1.64. The number of carbonyl (C=O) groups is 2. The minimum atomic E-state index is -0.346. The average Bonchev–Trinajstić information content (AvgIpc) is 3.44. The number of aromatic nitrogens is 1. The van der Waals surface area contributed by atoms with Gasteiger partial charge in [-0.3, -0.25) is 14.5 Å². The third-order valence-electron chi connectivity index (χ3n) is 7.11. The van der Waals surface area contributed by atoms with E-state index in [0.717, 1.165) is 46.8 Å². The Kier molecular flexibility index (Phi) is 7.31. The normalized spacial score (nSPS) is 14.0. The number of carbonyl (C=O) groups excluding carboxylic acids is 2. The number of anilines is 1. The molecule has 1 aliphatic rings. The van der Waals surface area contributed by atoms with Gasteiger partial charge in [-0.25, -0.2) is 0 Å². The van der Waals surface area contributed by atoms with Crippen molar-refractivity contribution in [3.05, 3.63) is 114 Å². The zero-order valence-electron chi connectivity index (χ0n) is 22.1. The fraction of sp³-hybridized carbons (Fsp3) is 0.250. The van der Waals surface area contributed by atoms with Gasteiger partial charge in [0.15, 0.2) is 0 Å². The first-order chi connectivity index (χ1) is 18.5. The monoisotopic (exact) mass is 507 g/mol. The zero-order chi connectivity index (χ0) is 26.6. The van der Waals surface area contributed by atoms with E-state index in [4.69, 9.17) is 4.74 Å². The Hall–Kier alpha value is -4.32. The molecule has 0 N–H and O–H groups in total. The van der Waals surface area contributed by atoms with Gasteiger partial charge in [-0.1, -0.05) is 55.3 Å². The highest BCUT2D eigenvalue weighted by atomic mass is 16.5. The molecule has 0 saturated heterocycles. The van der Waals surface area contributed by atoms with Gasteiger partial charge >= 0.3 is 0 Å². The fourth-order valence-corrected chi connectivity index (χ4v) is 5.08. The molecule has 2 amide bonds. The summed E-state index contributed by atoms with van der Waals surface area (Å²) in [6, 6.07) is 27.0. The minimum Gasteiger partial charge on any atom is -0.497 e. The Labute approximate surface area is 224 Å². The summed E-state index contributed by atoms with van der Waals surface area (Å²) in [4.78, 5) is 31.4. The molecule has 3 aromatic carbocycles. The maximum atomic E-state index is 14.3. The van der Waals surface area contributed by atoms with Crippen molar-refractivity contribution < 1.29 is 14.3 Å². The standard InChI is InChI=1S/C32H33N3O3/c1-4-5-20-33(32(37)25-14-12-23(2)13-15-25)22-30(36)35-28-10-7-6-9-27(28)34-21-8-11-29(34)31(35)24-16-18-26(38-3)19-17-24/h6-19,21,31H,4-5,20,22H2,1-3H3. The molecule has 0 fully saturated rings. The van der Waals surface area contributed by atoms with Crippen LogP contribution in [0.25, 0.3) is 5.69 Å². The van der Waals surface area contributed by atoms with E-state index in [1.54, 1.807) is 12.0 Å². The SMILES string of the molecule is CCCCN(CC(=O)N1c2ccccc2-n2cccc2C1c1ccc(OC)cc1)C(=O)c1ccc(C)cc1. The molecule has 1 unspecified atom stereocenters. The number of methoxy groups -OCH3 is 1. The Morgan fingerprint density at radius 1 is 0.895 bits per heavy atom. The Balaban J connectivity index is 1.54. The Morgan fingerprint density at radius 3 is 2.29 bits per heavy atom. The van der Waals surface area contributed by atoms with Gasteiger partial charge in [-0.15, -0.1) is 0 Å². The van der Waals surface area contributed by atoms with Gasteiger partial charge in [0.05, 0.1) is 24.2 Å². The first kappa shape index (κ1) is 25.3. The van der Waals surface area contributed by atoms with Crippen LogP contribution in [0.4, 0.5) is 5.69 Å². The minimum absolute atomic E-state index is 0.00555. The average molecular weight is 508 g/mol.